The van der Waals surface area contributed by atoms with Crippen molar-refractivity contribution in [3.63, 3.8) is 0 Å². The Labute approximate surface area is 392 Å². The molecule has 3 aromatic rings. The summed E-state index contributed by atoms with van der Waals surface area (Å²) >= 11 is 0. The van der Waals surface area contributed by atoms with E-state index in [-0.39, 0.29) is 54.6 Å². The maximum Gasteiger partial charge on any atom is 0.293 e. The van der Waals surface area contributed by atoms with E-state index >= 15 is 0 Å². The monoisotopic (exact) mass is 910 g/mol. The van der Waals surface area contributed by atoms with Gasteiger partial charge in [0.15, 0.2) is 0 Å². The molecule has 0 saturated carbocycles. The van der Waals surface area contributed by atoms with Crippen LogP contribution in [0.5, 0.6) is 5.75 Å². The van der Waals surface area contributed by atoms with Crippen molar-refractivity contribution < 1.29 is 33.8 Å². The van der Waals surface area contributed by atoms with Gasteiger partial charge in [-0.2, -0.15) is 0 Å². The van der Waals surface area contributed by atoms with Crippen LogP contribution in [0.25, 0.3) is 23.4 Å². The van der Waals surface area contributed by atoms with Crippen LogP contribution in [0, 0.1) is 23.2 Å². The van der Waals surface area contributed by atoms with Crippen LogP contribution < -0.4 is 16.1 Å². The van der Waals surface area contributed by atoms with E-state index in [9.17, 15) is 24.3 Å². The van der Waals surface area contributed by atoms with Crippen LogP contribution in [0.3, 0.4) is 0 Å². The summed E-state index contributed by atoms with van der Waals surface area (Å²) in [6.45, 7) is 23.8. The van der Waals surface area contributed by atoms with Gasteiger partial charge in [0.25, 0.3) is 12.4 Å². The number of hydrazine groups is 1. The molecule has 5 atom stereocenters. The van der Waals surface area contributed by atoms with Crippen LogP contribution in [-0.2, 0) is 54.5 Å². The number of allylic oxidation sites excluding steroid dienone is 1. The minimum absolute atomic E-state index is 0.0445. The molecule has 2 aliphatic heterocycles. The number of aromatic hydroxyl groups is 1. The van der Waals surface area contributed by atoms with Gasteiger partial charge < -0.3 is 34.7 Å². The maximum absolute atomic E-state index is 14.4. The molecule has 14 nitrogen and oxygen atoms in total. The first-order chi connectivity index (χ1) is 31.5. The molecule has 4 N–H and O–H groups in total. The second-order valence-electron chi connectivity index (χ2n) is 19.4. The number of hydrogen-bond acceptors (Lipinski definition) is 10. The van der Waals surface area contributed by atoms with Gasteiger partial charge in [0.2, 0.25) is 11.8 Å². The lowest BCUT2D eigenvalue weighted by Gasteiger charge is -2.36. The van der Waals surface area contributed by atoms with Gasteiger partial charge >= 0.3 is 0 Å². The first-order valence-corrected chi connectivity index (χ1v) is 23.7. The predicted molar refractivity (Wildman–Crippen MR) is 260 cm³/mol. The zero-order chi connectivity index (χ0) is 48.3. The Morgan fingerprint density at radius 1 is 1.11 bits per heavy atom. The second-order valence-corrected chi connectivity index (χ2v) is 19.4. The van der Waals surface area contributed by atoms with E-state index in [1.807, 2.05) is 45.1 Å². The highest BCUT2D eigenvalue weighted by Crippen LogP contribution is 2.40. The molecule has 2 aliphatic rings. The van der Waals surface area contributed by atoms with Gasteiger partial charge in [-0.1, -0.05) is 66.3 Å². The summed E-state index contributed by atoms with van der Waals surface area (Å²) in [4.78, 5) is 60.1. The number of carbonyl (C=O) groups is 4. The van der Waals surface area contributed by atoms with E-state index in [0.29, 0.717) is 50.4 Å². The number of nitrogens with zero attached hydrogens (tertiary/aromatic N) is 4. The predicted octanol–water partition coefficient (Wildman–Crippen LogP) is 6.90. The van der Waals surface area contributed by atoms with E-state index in [1.54, 1.807) is 42.4 Å². The highest BCUT2D eigenvalue weighted by molar-refractivity contribution is 5.93. The van der Waals surface area contributed by atoms with Crippen molar-refractivity contribution in [1.82, 2.24) is 35.5 Å². The molecule has 4 heterocycles. The van der Waals surface area contributed by atoms with E-state index in [1.165, 1.54) is 0 Å². The summed E-state index contributed by atoms with van der Waals surface area (Å²) in [6, 6.07) is 7.13. The lowest BCUT2D eigenvalue weighted by atomic mass is 9.83. The van der Waals surface area contributed by atoms with Gasteiger partial charge in [0, 0.05) is 68.6 Å². The number of aromatic nitrogens is 2. The minimum atomic E-state index is -0.967. The number of hydrogen-bond donors (Lipinski definition) is 4. The van der Waals surface area contributed by atoms with Crippen LogP contribution in [0.2, 0.25) is 0 Å². The molecule has 360 valence electrons. The fourth-order valence-electron chi connectivity index (χ4n) is 9.81. The number of carbonyl (C=O) groups excluding carboxylic acids is 4. The van der Waals surface area contributed by atoms with Crippen molar-refractivity contribution in [2.24, 2.45) is 23.2 Å². The molecule has 5 rings (SSSR count). The van der Waals surface area contributed by atoms with Crippen molar-refractivity contribution >= 4 is 36.3 Å². The van der Waals surface area contributed by atoms with Crippen LogP contribution in [0.1, 0.15) is 114 Å². The van der Waals surface area contributed by atoms with Crippen LogP contribution in [-0.4, -0.2) is 107 Å². The molecule has 66 heavy (non-hydrogen) atoms. The standard InChI is InChI=1S/C52H75N7O7/c1-12-39-42(30-52(8,9)31-66-32-60)48(41-19-17-22-53-45(41)35(7)65-11)58(13-2)44(39)20-16-18-36-26-37(28-38(61)27-36)29-43(50(63)59-25-15-14-23-55-59)56-49(62)47(34(5)6)57(10)51(64)46-40(33(3)4)21-24-54-46/h12,16-17,19-20,22,26-28,32-35,40,43,46-47,54-55,61H,1,13-15,18,21,23-25,29-31H2,2-11H3,(H,56,62)/b20-16-. The number of likely N-dealkylation sites (N-methyl/N-ethyl adjacent to an activating group) is 1. The molecule has 2 saturated heterocycles. The third-order valence-corrected chi connectivity index (χ3v) is 13.2. The molecular weight excluding hydrogens is 835 g/mol. The number of pyridine rings is 1. The fraction of sp³-hybridized carbons (Fsp3) is 0.558. The smallest absolute Gasteiger partial charge is 0.293 e. The topological polar surface area (TPSA) is 167 Å². The summed E-state index contributed by atoms with van der Waals surface area (Å²) < 4.78 is 13.3. The number of benzene rings is 1. The van der Waals surface area contributed by atoms with E-state index in [2.05, 4.69) is 74.0 Å². The molecule has 0 aliphatic carbocycles. The van der Waals surface area contributed by atoms with Gasteiger partial charge in [0.05, 0.1) is 30.1 Å². The highest BCUT2D eigenvalue weighted by atomic mass is 16.5. The summed E-state index contributed by atoms with van der Waals surface area (Å²) in [6.07, 6.45) is 11.3. The molecular formula is C52H75N7O7. The molecule has 14 heteroatoms. The number of phenols is 1. The van der Waals surface area contributed by atoms with Gasteiger partial charge in [0.1, 0.15) is 17.8 Å². The zero-order valence-electron chi connectivity index (χ0n) is 41.0. The number of nitrogens with one attached hydrogen (secondary N) is 3. The van der Waals surface area contributed by atoms with Crippen molar-refractivity contribution in [2.45, 2.75) is 125 Å². The molecule has 5 unspecified atom stereocenters. The summed E-state index contributed by atoms with van der Waals surface area (Å²) in [7, 11) is 3.35. The Hall–Kier alpha value is -5.31. The largest absolute Gasteiger partial charge is 0.508 e. The molecule has 0 spiro atoms. The Morgan fingerprint density at radius 2 is 1.85 bits per heavy atom. The Balaban J connectivity index is 1.47. The van der Waals surface area contributed by atoms with Gasteiger partial charge in [-0.3, -0.25) is 29.2 Å². The molecule has 0 bridgehead atoms. The number of methoxy groups -OCH3 is 1. The normalized spacial score (nSPS) is 18.1. The number of amides is 3. The Morgan fingerprint density at radius 3 is 2.48 bits per heavy atom. The lowest BCUT2D eigenvalue weighted by molar-refractivity contribution is -0.145. The van der Waals surface area contributed by atoms with Crippen LogP contribution in [0.15, 0.2) is 49.2 Å². The molecule has 0 radical (unpaired) electrons. The van der Waals surface area contributed by atoms with Gasteiger partial charge in [-0.05, 0) is 117 Å². The summed E-state index contributed by atoms with van der Waals surface area (Å²) in [5, 5.41) is 19.1. The van der Waals surface area contributed by atoms with Gasteiger partial charge in [-0.15, -0.1) is 0 Å². The quantitative estimate of drug-likeness (QED) is 0.0780. The summed E-state index contributed by atoms with van der Waals surface area (Å²) in [5.41, 5.74) is 9.97. The fourth-order valence-corrected chi connectivity index (χ4v) is 9.81. The van der Waals surface area contributed by atoms with E-state index < -0.39 is 23.4 Å². The van der Waals surface area contributed by atoms with Crippen LogP contribution >= 0.6 is 0 Å². The zero-order valence-corrected chi connectivity index (χ0v) is 41.0. The average Bonchev–Trinajstić information content (AvgIpc) is 3.90. The molecule has 1 aromatic carbocycles. The number of phenolic OH excluding ortho intramolecular Hbond substituents is 1. The molecule has 3 amide bonds. The third kappa shape index (κ3) is 12.4. The number of ether oxygens (including phenoxy) is 2. The Kier molecular flexibility index (Phi) is 18.3. The SMILES string of the molecule is C=Cc1c(CC(C)(C)COC=O)c(-c2cccnc2C(C)OC)n(CC)c1/C=C\Cc1cc(O)cc(CC(NC(=O)C(C(C)C)N(C)C(=O)C2NCCC2C(C)C)C(=O)N2CCCCN2)c1. The van der Waals surface area contributed by atoms with Crippen molar-refractivity contribution in [3.05, 3.63) is 82.8 Å². The van der Waals surface area contributed by atoms with Gasteiger partial charge in [-0.25, -0.2) is 5.43 Å². The van der Waals surface area contributed by atoms with E-state index in [0.717, 1.165) is 65.1 Å². The maximum atomic E-state index is 14.4. The van der Waals surface area contributed by atoms with Crippen molar-refractivity contribution in [3.8, 4) is 17.0 Å². The average molecular weight is 910 g/mol. The first kappa shape index (κ1) is 51.7. The third-order valence-electron chi connectivity index (χ3n) is 13.2. The second kappa shape index (κ2) is 23.4. The highest BCUT2D eigenvalue weighted by Gasteiger charge is 2.41. The van der Waals surface area contributed by atoms with Crippen molar-refractivity contribution in [2.75, 3.05) is 40.4 Å². The lowest BCUT2D eigenvalue weighted by Crippen LogP contribution is -2.60. The van der Waals surface area contributed by atoms with E-state index in [4.69, 9.17) is 14.5 Å². The Bertz CT molecular complexity index is 2190. The van der Waals surface area contributed by atoms with Crippen LogP contribution in [0.4, 0.5) is 0 Å². The number of rotatable bonds is 22. The summed E-state index contributed by atoms with van der Waals surface area (Å²) in [5.74, 6) is -0.513. The molecule has 2 aromatic heterocycles. The first-order valence-electron chi connectivity index (χ1n) is 23.7. The minimum Gasteiger partial charge on any atom is -0.508 e. The molecule has 2 fully saturated rings. The van der Waals surface area contributed by atoms with Crippen molar-refractivity contribution in [1.29, 1.82) is 0 Å².